The minimum atomic E-state index is -0.856. The zero-order valence-corrected chi connectivity index (χ0v) is 12.6. The van der Waals surface area contributed by atoms with E-state index in [9.17, 15) is 13.6 Å². The van der Waals surface area contributed by atoms with Gasteiger partial charge in [0, 0.05) is 6.07 Å². The lowest BCUT2D eigenvalue weighted by Gasteiger charge is -2.14. The van der Waals surface area contributed by atoms with Crippen molar-refractivity contribution < 1.29 is 18.3 Å². The van der Waals surface area contributed by atoms with Gasteiger partial charge in [0.1, 0.15) is 17.4 Å². The number of anilines is 1. The molecule has 5 heteroatoms. The summed E-state index contributed by atoms with van der Waals surface area (Å²) in [5.74, 6) is -0.969. The highest BCUT2D eigenvalue weighted by atomic mass is 19.1. The molecule has 0 radical (unpaired) electrons. The molecule has 0 aliphatic rings. The van der Waals surface area contributed by atoms with Crippen LogP contribution in [-0.4, -0.2) is 6.09 Å². The highest BCUT2D eigenvalue weighted by Crippen LogP contribution is 2.28. The zero-order valence-electron chi connectivity index (χ0n) is 12.6. The second-order valence-corrected chi connectivity index (χ2v) is 5.33. The van der Waals surface area contributed by atoms with Crippen molar-refractivity contribution in [3.63, 3.8) is 0 Å². The maximum absolute atomic E-state index is 13.5. The number of amides is 1. The summed E-state index contributed by atoms with van der Waals surface area (Å²) in [5, 5.41) is 2.27. The van der Waals surface area contributed by atoms with Gasteiger partial charge in [-0.2, -0.15) is 0 Å². The standard InChI is InChI=1S/C17H17F2NO2/c1-10(2)13-6-4-11(3)8-16(13)22-17(21)20-15-7-5-12(18)9-14(15)19/h4-10H,1-3H3,(H,20,21). The Labute approximate surface area is 127 Å². The Bertz CT molecular complexity index is 699. The molecule has 3 nitrogen and oxygen atoms in total. The van der Waals surface area contributed by atoms with Crippen LogP contribution in [0.4, 0.5) is 19.3 Å². The van der Waals surface area contributed by atoms with Crippen LogP contribution in [0.5, 0.6) is 5.75 Å². The Balaban J connectivity index is 2.17. The fourth-order valence-corrected chi connectivity index (χ4v) is 2.03. The molecule has 0 heterocycles. The molecule has 0 saturated carbocycles. The molecule has 0 unspecified atom stereocenters. The molecule has 0 atom stereocenters. The van der Waals surface area contributed by atoms with Crippen LogP contribution < -0.4 is 10.1 Å². The van der Waals surface area contributed by atoms with E-state index in [-0.39, 0.29) is 11.6 Å². The summed E-state index contributed by atoms with van der Waals surface area (Å²) in [4.78, 5) is 11.9. The van der Waals surface area contributed by atoms with Gasteiger partial charge in [-0.3, -0.25) is 5.32 Å². The molecule has 2 rings (SSSR count). The number of benzene rings is 2. The number of rotatable bonds is 3. The SMILES string of the molecule is Cc1ccc(C(C)C)c(OC(=O)Nc2ccc(F)cc2F)c1. The topological polar surface area (TPSA) is 38.3 Å². The number of hydrogen-bond donors (Lipinski definition) is 1. The van der Waals surface area contributed by atoms with Gasteiger partial charge in [0.25, 0.3) is 0 Å². The lowest BCUT2D eigenvalue weighted by Crippen LogP contribution is -2.18. The van der Waals surface area contributed by atoms with Crippen molar-refractivity contribution in [2.24, 2.45) is 0 Å². The van der Waals surface area contributed by atoms with Crippen LogP contribution in [0.2, 0.25) is 0 Å². The first-order valence-corrected chi connectivity index (χ1v) is 6.91. The molecule has 2 aromatic carbocycles. The lowest BCUT2D eigenvalue weighted by atomic mass is 10.0. The zero-order chi connectivity index (χ0) is 16.3. The Hall–Kier alpha value is -2.43. The van der Waals surface area contributed by atoms with Crippen LogP contribution in [-0.2, 0) is 0 Å². The second-order valence-electron chi connectivity index (χ2n) is 5.33. The Kier molecular flexibility index (Phi) is 4.75. The molecular weight excluding hydrogens is 288 g/mol. The molecule has 2 aromatic rings. The van der Waals surface area contributed by atoms with Crippen LogP contribution in [0, 0.1) is 18.6 Å². The van der Waals surface area contributed by atoms with Gasteiger partial charge in [-0.1, -0.05) is 26.0 Å². The number of halogens is 2. The highest BCUT2D eigenvalue weighted by Gasteiger charge is 2.14. The number of ether oxygens (including phenoxy) is 1. The van der Waals surface area contributed by atoms with Crippen molar-refractivity contribution in [1.29, 1.82) is 0 Å². The van der Waals surface area contributed by atoms with E-state index >= 15 is 0 Å². The molecule has 0 aliphatic carbocycles. The number of aryl methyl sites for hydroxylation is 1. The molecular formula is C17H17F2NO2. The van der Waals surface area contributed by atoms with E-state index in [4.69, 9.17) is 4.74 Å². The van der Waals surface area contributed by atoms with Crippen molar-refractivity contribution in [2.75, 3.05) is 5.32 Å². The largest absolute Gasteiger partial charge is 0.417 e. The molecule has 0 fully saturated rings. The van der Waals surface area contributed by atoms with E-state index in [1.54, 1.807) is 6.07 Å². The van der Waals surface area contributed by atoms with Crippen LogP contribution in [0.1, 0.15) is 30.9 Å². The summed E-state index contributed by atoms with van der Waals surface area (Å²) in [6.07, 6.45) is -0.821. The van der Waals surface area contributed by atoms with E-state index in [1.165, 1.54) is 0 Å². The molecule has 116 valence electrons. The third-order valence-electron chi connectivity index (χ3n) is 3.16. The van der Waals surface area contributed by atoms with Gasteiger partial charge < -0.3 is 4.74 Å². The van der Waals surface area contributed by atoms with Crippen molar-refractivity contribution in [2.45, 2.75) is 26.7 Å². The molecule has 1 amide bonds. The predicted molar refractivity (Wildman–Crippen MR) is 81.3 cm³/mol. The molecule has 0 spiro atoms. The van der Waals surface area contributed by atoms with E-state index in [0.29, 0.717) is 11.8 Å². The lowest BCUT2D eigenvalue weighted by molar-refractivity contribution is 0.214. The molecule has 0 aromatic heterocycles. The van der Waals surface area contributed by atoms with Gasteiger partial charge in [-0.05, 0) is 42.2 Å². The van der Waals surface area contributed by atoms with Crippen molar-refractivity contribution >= 4 is 11.8 Å². The minimum absolute atomic E-state index is 0.134. The maximum atomic E-state index is 13.5. The normalized spacial score (nSPS) is 10.6. The minimum Gasteiger partial charge on any atom is -0.410 e. The smallest absolute Gasteiger partial charge is 0.410 e. The molecule has 0 aliphatic heterocycles. The number of hydrogen-bond acceptors (Lipinski definition) is 2. The van der Waals surface area contributed by atoms with Crippen molar-refractivity contribution in [1.82, 2.24) is 0 Å². The third-order valence-corrected chi connectivity index (χ3v) is 3.16. The molecule has 1 N–H and O–H groups in total. The third kappa shape index (κ3) is 3.81. The van der Waals surface area contributed by atoms with E-state index in [2.05, 4.69) is 5.32 Å². The quantitative estimate of drug-likeness (QED) is 0.866. The monoisotopic (exact) mass is 305 g/mol. The van der Waals surface area contributed by atoms with Crippen LogP contribution >= 0.6 is 0 Å². The van der Waals surface area contributed by atoms with Gasteiger partial charge in [0.2, 0.25) is 0 Å². The average Bonchev–Trinajstić information content (AvgIpc) is 2.41. The predicted octanol–water partition coefficient (Wildman–Crippen LogP) is 5.01. The van der Waals surface area contributed by atoms with Gasteiger partial charge in [0.05, 0.1) is 5.69 Å². The number of carbonyl (C=O) groups excluding carboxylic acids is 1. The summed E-state index contributed by atoms with van der Waals surface area (Å²) < 4.78 is 31.6. The average molecular weight is 305 g/mol. The van der Waals surface area contributed by atoms with Crippen molar-refractivity contribution in [3.05, 3.63) is 59.2 Å². The highest BCUT2D eigenvalue weighted by molar-refractivity contribution is 5.86. The summed E-state index contributed by atoms with van der Waals surface area (Å²) in [6.45, 7) is 5.85. The second kappa shape index (κ2) is 6.56. The first-order chi connectivity index (χ1) is 10.4. The van der Waals surface area contributed by atoms with Crippen LogP contribution in [0.25, 0.3) is 0 Å². The van der Waals surface area contributed by atoms with E-state index in [1.807, 2.05) is 32.9 Å². The first-order valence-electron chi connectivity index (χ1n) is 6.91. The Morgan fingerprint density at radius 1 is 1.14 bits per heavy atom. The van der Waals surface area contributed by atoms with Gasteiger partial charge in [-0.15, -0.1) is 0 Å². The Morgan fingerprint density at radius 2 is 1.86 bits per heavy atom. The van der Waals surface area contributed by atoms with Gasteiger partial charge >= 0.3 is 6.09 Å². The number of nitrogens with one attached hydrogen (secondary N) is 1. The van der Waals surface area contributed by atoms with E-state index < -0.39 is 17.7 Å². The van der Waals surface area contributed by atoms with Gasteiger partial charge in [-0.25, -0.2) is 13.6 Å². The summed E-state index contributed by atoms with van der Waals surface area (Å²) in [6, 6.07) is 8.47. The van der Waals surface area contributed by atoms with Crippen molar-refractivity contribution in [3.8, 4) is 5.75 Å². The summed E-state index contributed by atoms with van der Waals surface area (Å²) in [7, 11) is 0. The number of carbonyl (C=O) groups is 1. The van der Waals surface area contributed by atoms with Gasteiger partial charge in [0.15, 0.2) is 0 Å². The Morgan fingerprint density at radius 3 is 2.50 bits per heavy atom. The van der Waals surface area contributed by atoms with Crippen LogP contribution in [0.3, 0.4) is 0 Å². The fraction of sp³-hybridized carbons (Fsp3) is 0.235. The fourth-order valence-electron chi connectivity index (χ4n) is 2.03. The molecule has 22 heavy (non-hydrogen) atoms. The maximum Gasteiger partial charge on any atom is 0.417 e. The summed E-state index contributed by atoms with van der Waals surface area (Å²) in [5.41, 5.74) is 1.69. The first kappa shape index (κ1) is 15.9. The van der Waals surface area contributed by atoms with E-state index in [0.717, 1.165) is 23.3 Å². The van der Waals surface area contributed by atoms with Crippen LogP contribution in [0.15, 0.2) is 36.4 Å². The molecule has 0 bridgehead atoms. The molecule has 0 saturated heterocycles. The summed E-state index contributed by atoms with van der Waals surface area (Å²) >= 11 is 0.